The smallest absolute Gasteiger partial charge is 0.332 e. The van der Waals surface area contributed by atoms with Crippen molar-refractivity contribution < 1.29 is 4.99 Å². The first-order valence-electron chi connectivity index (χ1n) is 10.4. The summed E-state index contributed by atoms with van der Waals surface area (Å²) in [4.78, 5) is 33.8. The molecule has 10 nitrogen and oxygen atoms in total. The molecular weight excluding hydrogens is 430 g/mol. The maximum absolute atomic E-state index is 13.4. The number of rotatable bonds is 6. The van der Waals surface area contributed by atoms with Crippen molar-refractivity contribution in [3.05, 3.63) is 51.3 Å². The summed E-state index contributed by atoms with van der Waals surface area (Å²) in [5.41, 5.74) is 12.5. The maximum atomic E-state index is 13.4. The fourth-order valence-electron chi connectivity index (χ4n) is 3.74. The fourth-order valence-corrected chi connectivity index (χ4v) is 3.99. The van der Waals surface area contributed by atoms with Crippen molar-refractivity contribution in [3.8, 4) is 0 Å². The van der Waals surface area contributed by atoms with Crippen molar-refractivity contribution in [1.29, 1.82) is 0 Å². The predicted molar refractivity (Wildman–Crippen MR) is 126 cm³/mol. The second kappa shape index (κ2) is 8.91. The molecule has 0 unspecified atom stereocenters. The van der Waals surface area contributed by atoms with Gasteiger partial charge >= 0.3 is 5.84 Å². The van der Waals surface area contributed by atoms with Gasteiger partial charge in [0.1, 0.15) is 23.8 Å². The minimum atomic E-state index is -0.320. The number of hydrogen-bond donors (Lipinski definition) is 4. The molecule has 6 N–H and O–H groups in total. The molecular formula is C21H25ClN9O+. The molecule has 1 aliphatic carbocycles. The minimum Gasteiger partial charge on any atom is -0.383 e. The molecule has 1 aromatic carbocycles. The molecule has 0 bridgehead atoms. The third-order valence-electron chi connectivity index (χ3n) is 5.40. The Morgan fingerprint density at radius 2 is 2.22 bits per heavy atom. The molecule has 0 spiro atoms. The summed E-state index contributed by atoms with van der Waals surface area (Å²) >= 11 is 6.34. The molecule has 1 aliphatic rings. The van der Waals surface area contributed by atoms with Gasteiger partial charge in [-0.05, 0) is 36.4 Å². The van der Waals surface area contributed by atoms with E-state index in [1.54, 1.807) is 29.8 Å². The largest absolute Gasteiger partial charge is 0.383 e. The van der Waals surface area contributed by atoms with Crippen molar-refractivity contribution in [2.45, 2.75) is 38.3 Å². The van der Waals surface area contributed by atoms with Crippen LogP contribution in [-0.2, 0) is 0 Å². The summed E-state index contributed by atoms with van der Waals surface area (Å²) in [6.45, 7) is 2.01. The lowest BCUT2D eigenvalue weighted by Crippen LogP contribution is -2.68. The number of nitrogens with zero attached hydrogens (tertiary/aromatic N) is 5. The highest BCUT2D eigenvalue weighted by atomic mass is 35.5. The molecule has 0 amide bonds. The van der Waals surface area contributed by atoms with E-state index in [0.29, 0.717) is 45.4 Å². The number of nitrogens with one attached hydrogen (secondary N) is 2. The highest BCUT2D eigenvalue weighted by molar-refractivity contribution is 6.35. The van der Waals surface area contributed by atoms with Crippen molar-refractivity contribution in [1.82, 2.24) is 19.5 Å². The van der Waals surface area contributed by atoms with E-state index in [4.69, 9.17) is 28.1 Å². The Morgan fingerprint density at radius 1 is 1.44 bits per heavy atom. The normalized spacial score (nSPS) is 15.4. The summed E-state index contributed by atoms with van der Waals surface area (Å²) in [6, 6.07) is 5.09. The van der Waals surface area contributed by atoms with Gasteiger partial charge < -0.3 is 16.8 Å². The lowest BCUT2D eigenvalue weighted by Gasteiger charge is -2.23. The van der Waals surface area contributed by atoms with Crippen molar-refractivity contribution in [2.24, 2.45) is 10.7 Å². The third-order valence-corrected chi connectivity index (χ3v) is 5.72. The average molecular weight is 455 g/mol. The van der Waals surface area contributed by atoms with Gasteiger partial charge in [0.15, 0.2) is 5.56 Å². The number of amidine groups is 1. The average Bonchev–Trinajstić information content (AvgIpc) is 3.61. The van der Waals surface area contributed by atoms with Crippen LogP contribution in [0.3, 0.4) is 0 Å². The lowest BCUT2D eigenvalue weighted by molar-refractivity contribution is -0.420. The van der Waals surface area contributed by atoms with Gasteiger partial charge in [-0.2, -0.15) is 0 Å². The number of aliphatic imine (C=N–C) groups is 1. The van der Waals surface area contributed by atoms with Crippen LogP contribution in [0.5, 0.6) is 0 Å². The molecule has 0 radical (unpaired) electrons. The summed E-state index contributed by atoms with van der Waals surface area (Å²) in [6.07, 6.45) is 5.03. The van der Waals surface area contributed by atoms with Gasteiger partial charge in [0, 0.05) is 6.04 Å². The third kappa shape index (κ3) is 3.89. The zero-order valence-electron chi connectivity index (χ0n) is 17.8. The number of hydrogen-bond acceptors (Lipinski definition) is 6. The van der Waals surface area contributed by atoms with Crippen LogP contribution in [-0.4, -0.2) is 38.7 Å². The Hall–Kier alpha value is -3.53. The fraction of sp³-hybridized carbons (Fsp3) is 0.333. The molecule has 11 heteroatoms. The maximum Gasteiger partial charge on any atom is 0.332 e. The van der Waals surface area contributed by atoms with Gasteiger partial charge in [-0.1, -0.05) is 24.6 Å². The van der Waals surface area contributed by atoms with Crippen molar-refractivity contribution in [3.63, 3.8) is 0 Å². The van der Waals surface area contributed by atoms with Crippen LogP contribution >= 0.6 is 11.6 Å². The summed E-state index contributed by atoms with van der Waals surface area (Å²) in [5, 5.41) is 4.24. The van der Waals surface area contributed by atoms with E-state index >= 15 is 0 Å². The number of nitrogen functional groups attached to an aromatic ring is 1. The highest BCUT2D eigenvalue weighted by Gasteiger charge is 2.32. The molecule has 32 heavy (non-hydrogen) atoms. The lowest BCUT2D eigenvalue weighted by atomic mass is 10.1. The zero-order valence-corrected chi connectivity index (χ0v) is 18.6. The molecule has 2 heterocycles. The SMILES string of the molecule is CC[C@H](Nc1ncnc(N)c1C(N=CN)=[NH+]C)c1nc2cccc(Cl)c2c(=O)n1C1CC1. The molecule has 3 aromatic rings. The summed E-state index contributed by atoms with van der Waals surface area (Å²) in [7, 11) is 1.70. The van der Waals surface area contributed by atoms with Crippen molar-refractivity contribution in [2.75, 3.05) is 18.1 Å². The number of nitrogens with two attached hydrogens (primary N) is 2. The molecule has 166 valence electrons. The van der Waals surface area contributed by atoms with Gasteiger partial charge in [0.2, 0.25) is 6.34 Å². The van der Waals surface area contributed by atoms with Crippen LogP contribution in [0.25, 0.3) is 10.9 Å². The van der Waals surface area contributed by atoms with E-state index in [1.807, 2.05) is 6.92 Å². The Kier molecular flexibility index (Phi) is 6.04. The molecule has 2 aromatic heterocycles. The first-order valence-corrected chi connectivity index (χ1v) is 10.7. The van der Waals surface area contributed by atoms with Crippen molar-refractivity contribution >= 4 is 46.3 Å². The van der Waals surface area contributed by atoms with E-state index in [-0.39, 0.29) is 23.5 Å². The number of benzene rings is 1. The van der Waals surface area contributed by atoms with E-state index < -0.39 is 0 Å². The van der Waals surface area contributed by atoms with E-state index in [2.05, 4.69) is 25.3 Å². The van der Waals surface area contributed by atoms with Crippen LogP contribution in [0, 0.1) is 0 Å². The van der Waals surface area contributed by atoms with Gasteiger partial charge in [-0.15, -0.1) is 0 Å². The predicted octanol–water partition coefficient (Wildman–Crippen LogP) is 0.764. The van der Waals surface area contributed by atoms with E-state index in [1.165, 1.54) is 12.7 Å². The Balaban J connectivity index is 1.86. The van der Waals surface area contributed by atoms with Crippen LogP contribution in [0.15, 0.2) is 34.3 Å². The second-order valence-corrected chi connectivity index (χ2v) is 7.88. The number of fused-ring (bicyclic) bond motifs is 1. The first kappa shape index (κ1) is 21.7. The van der Waals surface area contributed by atoms with Crippen LogP contribution in [0.4, 0.5) is 11.6 Å². The molecule has 4 rings (SSSR count). The zero-order chi connectivity index (χ0) is 22.8. The summed E-state index contributed by atoms with van der Waals surface area (Å²) < 4.78 is 1.76. The molecule has 1 fully saturated rings. The number of halogens is 1. The van der Waals surface area contributed by atoms with Gasteiger partial charge in [-0.3, -0.25) is 14.4 Å². The van der Waals surface area contributed by atoms with E-state index in [0.717, 1.165) is 12.8 Å². The quantitative estimate of drug-likeness (QED) is 0.317. The van der Waals surface area contributed by atoms with Gasteiger partial charge in [0.25, 0.3) is 5.56 Å². The number of aromatic nitrogens is 4. The Bertz CT molecular complexity index is 1280. The minimum absolute atomic E-state index is 0.109. The second-order valence-electron chi connectivity index (χ2n) is 7.47. The molecule has 1 saturated carbocycles. The van der Waals surface area contributed by atoms with Crippen LogP contribution in [0.2, 0.25) is 5.02 Å². The van der Waals surface area contributed by atoms with Crippen LogP contribution in [0.1, 0.15) is 49.7 Å². The topological polar surface area (TPSA) is 151 Å². The van der Waals surface area contributed by atoms with Gasteiger partial charge in [0.05, 0.1) is 29.0 Å². The molecule has 1 atom stereocenters. The van der Waals surface area contributed by atoms with Crippen LogP contribution < -0.4 is 27.3 Å². The Labute approximate surface area is 189 Å². The van der Waals surface area contributed by atoms with Gasteiger partial charge in [-0.25, -0.2) is 15.0 Å². The highest BCUT2D eigenvalue weighted by Crippen LogP contribution is 2.37. The Morgan fingerprint density at radius 3 is 2.88 bits per heavy atom. The standard InChI is InChI=1S/C21H24ClN9O/c1-3-13(29-19-16(17(24)27-10-28-19)18(25-2)26-9-23)20-30-14-6-4-5-12(22)15(14)21(32)31(20)11-7-8-11/h4-6,9-11,13H,3,7-8H2,1-2H3,(H2,23,25,26)(H3,24,27,28,29)/p+1/t13-/m0/s1. The first-order chi connectivity index (χ1) is 15.5. The number of anilines is 2. The summed E-state index contributed by atoms with van der Waals surface area (Å²) in [5.74, 6) is 1.75. The molecule has 0 aliphatic heterocycles. The van der Waals surface area contributed by atoms with E-state index in [9.17, 15) is 4.79 Å². The monoisotopic (exact) mass is 454 g/mol. The molecule has 0 saturated heterocycles.